The second-order valence-electron chi connectivity index (χ2n) is 7.05. The molecule has 0 unspecified atom stereocenters. The van der Waals surface area contributed by atoms with Gasteiger partial charge in [-0.2, -0.15) is 18.2 Å². The Kier molecular flexibility index (Phi) is 5.87. The van der Waals surface area contributed by atoms with Gasteiger partial charge >= 0.3 is 6.18 Å². The van der Waals surface area contributed by atoms with Crippen LogP contribution in [0, 0.1) is 13.8 Å². The molecule has 0 atom stereocenters. The van der Waals surface area contributed by atoms with Gasteiger partial charge in [0.05, 0.1) is 12.2 Å². The summed E-state index contributed by atoms with van der Waals surface area (Å²) in [6, 6.07) is 3.72. The summed E-state index contributed by atoms with van der Waals surface area (Å²) >= 11 is 1.44. The van der Waals surface area contributed by atoms with Gasteiger partial charge in [-0.15, -0.1) is 16.4 Å². The van der Waals surface area contributed by atoms with Gasteiger partial charge in [0.1, 0.15) is 5.01 Å². The average molecular weight is 461 g/mol. The molecule has 0 aliphatic carbocycles. The van der Waals surface area contributed by atoms with Crippen LogP contribution in [0.4, 0.5) is 13.2 Å². The largest absolute Gasteiger partial charge is 0.453 e. The monoisotopic (exact) mass is 461 g/mol. The number of fused-ring (bicyclic) bond motifs is 1. The summed E-state index contributed by atoms with van der Waals surface area (Å²) in [7, 11) is 0. The van der Waals surface area contributed by atoms with Gasteiger partial charge in [0.15, 0.2) is 0 Å². The topological polar surface area (TPSA) is 98.0 Å². The van der Waals surface area contributed by atoms with Crippen molar-refractivity contribution in [3.63, 3.8) is 0 Å². The number of thiazole rings is 1. The van der Waals surface area contributed by atoms with Crippen LogP contribution in [0.5, 0.6) is 0 Å². The minimum Gasteiger partial charge on any atom is -0.350 e. The second-order valence-corrected chi connectivity index (χ2v) is 7.99. The number of pyridine rings is 1. The van der Waals surface area contributed by atoms with Crippen molar-refractivity contribution < 1.29 is 18.0 Å². The number of halogens is 3. The molecule has 0 radical (unpaired) electrons. The Hall–Kier alpha value is -3.41. The molecule has 0 saturated heterocycles. The lowest BCUT2D eigenvalue weighted by Crippen LogP contribution is -2.23. The number of aromatic nitrogens is 6. The first kappa shape index (κ1) is 21.8. The number of rotatable bonds is 6. The van der Waals surface area contributed by atoms with Gasteiger partial charge < -0.3 is 5.32 Å². The van der Waals surface area contributed by atoms with Crippen molar-refractivity contribution in [1.82, 2.24) is 34.9 Å². The van der Waals surface area contributed by atoms with Crippen LogP contribution in [0.15, 0.2) is 29.9 Å². The van der Waals surface area contributed by atoms with Gasteiger partial charge in [0.2, 0.25) is 5.91 Å². The second kappa shape index (κ2) is 8.61. The molecular formula is C20H18F3N7OS. The van der Waals surface area contributed by atoms with E-state index in [0.717, 1.165) is 20.8 Å². The Morgan fingerprint density at radius 3 is 2.62 bits per heavy atom. The van der Waals surface area contributed by atoms with Crippen LogP contribution in [0.1, 0.15) is 34.2 Å². The van der Waals surface area contributed by atoms with Crippen LogP contribution in [-0.2, 0) is 23.9 Å². The highest BCUT2D eigenvalue weighted by Crippen LogP contribution is 2.27. The fraction of sp³-hybridized carbons (Fsp3) is 0.300. The molecular weight excluding hydrogens is 443 g/mol. The maximum absolute atomic E-state index is 12.9. The summed E-state index contributed by atoms with van der Waals surface area (Å²) < 4.78 is 39.8. The zero-order chi connectivity index (χ0) is 22.9. The van der Waals surface area contributed by atoms with Crippen LogP contribution >= 0.6 is 11.3 Å². The fourth-order valence-corrected chi connectivity index (χ4v) is 3.98. The van der Waals surface area contributed by atoms with Gasteiger partial charge in [-0.1, -0.05) is 0 Å². The number of carbonyl (C=O) groups is 1. The first-order chi connectivity index (χ1) is 15.2. The number of aryl methyl sites for hydroxylation is 2. The van der Waals surface area contributed by atoms with Gasteiger partial charge in [0, 0.05) is 41.1 Å². The van der Waals surface area contributed by atoms with Gasteiger partial charge in [-0.25, -0.2) is 14.5 Å². The van der Waals surface area contributed by atoms with Crippen molar-refractivity contribution in [2.75, 3.05) is 0 Å². The summed E-state index contributed by atoms with van der Waals surface area (Å²) in [6.45, 7) is 3.61. The minimum absolute atomic E-state index is 0.116. The predicted octanol–water partition coefficient (Wildman–Crippen LogP) is 3.53. The van der Waals surface area contributed by atoms with Crippen molar-refractivity contribution in [2.45, 2.75) is 39.4 Å². The zero-order valence-electron chi connectivity index (χ0n) is 17.1. The summed E-state index contributed by atoms with van der Waals surface area (Å²) in [4.78, 5) is 28.4. The number of alkyl halides is 3. The lowest BCUT2D eigenvalue weighted by atomic mass is 10.1. The lowest BCUT2D eigenvalue weighted by Gasteiger charge is -2.10. The molecule has 8 nitrogen and oxygen atoms in total. The quantitative estimate of drug-likeness (QED) is 0.472. The Morgan fingerprint density at radius 1 is 1.16 bits per heavy atom. The van der Waals surface area contributed by atoms with Crippen molar-refractivity contribution in [3.8, 4) is 11.3 Å². The normalized spacial score (nSPS) is 11.8. The molecule has 4 aromatic heterocycles. The van der Waals surface area contributed by atoms with Crippen molar-refractivity contribution in [2.24, 2.45) is 0 Å². The van der Waals surface area contributed by atoms with Gasteiger partial charge in [-0.05, 0) is 38.0 Å². The summed E-state index contributed by atoms with van der Waals surface area (Å²) in [5.74, 6) is -1.55. The molecule has 32 heavy (non-hydrogen) atoms. The lowest BCUT2D eigenvalue weighted by molar-refractivity contribution is -0.144. The van der Waals surface area contributed by atoms with E-state index in [-0.39, 0.29) is 18.1 Å². The molecule has 0 bridgehead atoms. The van der Waals surface area contributed by atoms with E-state index in [1.165, 1.54) is 11.3 Å². The number of carbonyl (C=O) groups excluding carboxylic acids is 1. The molecule has 0 aliphatic heterocycles. The predicted molar refractivity (Wildman–Crippen MR) is 111 cm³/mol. The van der Waals surface area contributed by atoms with Crippen molar-refractivity contribution in [1.29, 1.82) is 0 Å². The third kappa shape index (κ3) is 4.59. The maximum Gasteiger partial charge on any atom is 0.453 e. The molecule has 0 aromatic carbocycles. The molecule has 4 rings (SSSR count). The Balaban J connectivity index is 1.39. The Bertz CT molecular complexity index is 1270. The summed E-state index contributed by atoms with van der Waals surface area (Å²) in [6.07, 6.45) is -0.807. The first-order valence-electron chi connectivity index (χ1n) is 9.64. The van der Waals surface area contributed by atoms with Gasteiger partial charge in [0.25, 0.3) is 11.6 Å². The number of nitrogens with zero attached hydrogens (tertiary/aromatic N) is 6. The summed E-state index contributed by atoms with van der Waals surface area (Å²) in [5, 5.41) is 9.03. The average Bonchev–Trinajstić information content (AvgIpc) is 3.40. The first-order valence-corrected chi connectivity index (χ1v) is 10.5. The molecule has 1 amide bonds. The van der Waals surface area contributed by atoms with Crippen LogP contribution in [-0.4, -0.2) is 35.5 Å². The number of hydrogen-bond donors (Lipinski definition) is 1. The standard InChI is InChI=1S/C20H18F3N7OS/c1-11-14(12(2)30-19(26-11)28-18(29-30)20(21,22)23)3-4-16(31)25-9-17-27-15(10-32-17)13-5-7-24-8-6-13/h5-8,10H,3-4,9H2,1-2H3,(H,25,31). The minimum atomic E-state index is -4.65. The van der Waals surface area contributed by atoms with E-state index in [1.807, 2.05) is 17.5 Å². The third-order valence-corrected chi connectivity index (χ3v) is 5.72. The maximum atomic E-state index is 12.9. The van der Waals surface area contributed by atoms with Crippen LogP contribution < -0.4 is 5.32 Å². The molecule has 1 N–H and O–H groups in total. The molecule has 0 aliphatic rings. The van der Waals surface area contributed by atoms with E-state index in [9.17, 15) is 18.0 Å². The molecule has 0 fully saturated rings. The van der Waals surface area contributed by atoms with Crippen molar-refractivity contribution in [3.05, 3.63) is 57.7 Å². The third-order valence-electron chi connectivity index (χ3n) is 4.87. The zero-order valence-corrected chi connectivity index (χ0v) is 18.0. The number of amides is 1. The van der Waals surface area contributed by atoms with E-state index >= 15 is 0 Å². The highest BCUT2D eigenvalue weighted by molar-refractivity contribution is 7.09. The van der Waals surface area contributed by atoms with Crippen LogP contribution in [0.25, 0.3) is 17.0 Å². The number of hydrogen-bond acceptors (Lipinski definition) is 7. The van der Waals surface area contributed by atoms with E-state index in [4.69, 9.17) is 0 Å². The summed E-state index contributed by atoms with van der Waals surface area (Å²) in [5.41, 5.74) is 3.43. The molecule has 0 spiro atoms. The SMILES string of the molecule is Cc1nc2nc(C(F)(F)F)nn2c(C)c1CCC(=O)NCc1nc(-c2ccncc2)cs1. The molecule has 0 saturated carbocycles. The fourth-order valence-electron chi connectivity index (χ4n) is 3.24. The van der Waals surface area contributed by atoms with Crippen LogP contribution in [0.2, 0.25) is 0 Å². The molecule has 12 heteroatoms. The highest BCUT2D eigenvalue weighted by Gasteiger charge is 2.37. The van der Waals surface area contributed by atoms with Crippen LogP contribution in [0.3, 0.4) is 0 Å². The number of nitrogens with one attached hydrogen (secondary N) is 1. The van der Waals surface area contributed by atoms with E-state index in [1.54, 1.807) is 26.2 Å². The van der Waals surface area contributed by atoms with E-state index in [0.29, 0.717) is 29.9 Å². The van der Waals surface area contributed by atoms with E-state index in [2.05, 4.69) is 30.4 Å². The molecule has 4 heterocycles. The molecule has 166 valence electrons. The molecule has 4 aromatic rings. The highest BCUT2D eigenvalue weighted by atomic mass is 32.1. The Labute approximate surface area is 184 Å². The van der Waals surface area contributed by atoms with E-state index < -0.39 is 12.0 Å². The smallest absolute Gasteiger partial charge is 0.350 e. The van der Waals surface area contributed by atoms with Gasteiger partial charge in [-0.3, -0.25) is 9.78 Å². The Morgan fingerprint density at radius 2 is 1.91 bits per heavy atom. The van der Waals surface area contributed by atoms with Crippen molar-refractivity contribution >= 4 is 23.0 Å².